The summed E-state index contributed by atoms with van der Waals surface area (Å²) in [6.07, 6.45) is -3.09. The number of halogens is 1. The third-order valence-corrected chi connectivity index (χ3v) is 4.15. The minimum atomic E-state index is -3.38. The first-order valence-corrected chi connectivity index (χ1v) is 7.73. The van der Waals surface area contributed by atoms with Crippen LogP contribution in [0.25, 0.3) is 5.57 Å². The van der Waals surface area contributed by atoms with Crippen LogP contribution in [0.15, 0.2) is 36.4 Å². The van der Waals surface area contributed by atoms with E-state index < -0.39 is 32.1 Å². The highest BCUT2D eigenvalue weighted by Crippen LogP contribution is 2.35. The highest BCUT2D eigenvalue weighted by molar-refractivity contribution is 5.85. The van der Waals surface area contributed by atoms with Gasteiger partial charge in [-0.05, 0) is 55.6 Å². The van der Waals surface area contributed by atoms with Crippen molar-refractivity contribution in [1.29, 1.82) is 0 Å². The summed E-state index contributed by atoms with van der Waals surface area (Å²) in [4.78, 5) is 0.507. The van der Waals surface area contributed by atoms with Crippen molar-refractivity contribution in [2.24, 2.45) is 5.92 Å². The Morgan fingerprint density at radius 2 is 1.73 bits per heavy atom. The smallest absolute Gasteiger partial charge is 0.0431 e. The molecule has 0 N–H and O–H groups in total. The molecule has 2 heteroatoms. The van der Waals surface area contributed by atoms with E-state index in [4.69, 9.17) is 13.7 Å². The van der Waals surface area contributed by atoms with Crippen LogP contribution < -0.4 is 0 Å². The lowest BCUT2D eigenvalue weighted by Gasteiger charge is -2.28. The second-order valence-electron chi connectivity index (χ2n) is 5.57. The Bertz CT molecular complexity index is 789. The molecule has 0 unspecified atom stereocenters. The molecule has 3 rings (SSSR count). The second-order valence-corrected chi connectivity index (χ2v) is 5.57. The van der Waals surface area contributed by atoms with Crippen LogP contribution >= 0.6 is 12.4 Å². The molecule has 2 aliphatic rings. The quantitative estimate of drug-likeness (QED) is 0.699. The number of allylic oxidation sites excluding steroid dienone is 1. The molecule has 22 heavy (non-hydrogen) atoms. The van der Waals surface area contributed by atoms with Gasteiger partial charge in [0.15, 0.2) is 0 Å². The van der Waals surface area contributed by atoms with E-state index in [1.807, 2.05) is 30.3 Å². The Labute approximate surface area is 156 Å². The van der Waals surface area contributed by atoms with Gasteiger partial charge in [0, 0.05) is 20.3 Å². The first kappa shape index (κ1) is 8.35. The van der Waals surface area contributed by atoms with Gasteiger partial charge < -0.3 is 0 Å². The molecule has 122 valence electrons. The van der Waals surface area contributed by atoms with Gasteiger partial charge in [-0.25, -0.2) is 0 Å². The van der Waals surface area contributed by atoms with Gasteiger partial charge in [0.2, 0.25) is 0 Å². The van der Waals surface area contributed by atoms with E-state index in [0.717, 1.165) is 43.2 Å². The fraction of sp³-hybridized carbons (Fsp3) is 0.600. The van der Waals surface area contributed by atoms with E-state index in [9.17, 15) is 0 Å². The maximum atomic E-state index is 8.31. The lowest BCUT2D eigenvalue weighted by atomic mass is 9.81. The molecule has 0 bridgehead atoms. The fourth-order valence-electron chi connectivity index (χ4n) is 3.10. The van der Waals surface area contributed by atoms with Gasteiger partial charge in [-0.2, -0.15) is 0 Å². The number of hydrogen-bond donors (Lipinski definition) is 0. The molecular formula is C20H30ClN. The monoisotopic (exact) mass is 329 g/mol. The molecule has 0 radical (unpaired) electrons. The molecule has 2 fully saturated rings. The van der Waals surface area contributed by atoms with E-state index in [2.05, 4.69) is 0 Å². The lowest BCUT2D eigenvalue weighted by Crippen LogP contribution is -2.30. The molecule has 1 heterocycles. The predicted octanol–water partition coefficient (Wildman–Crippen LogP) is 5.56. The highest BCUT2D eigenvalue weighted by atomic mass is 35.5. The average molecular weight is 330 g/mol. The Hall–Kier alpha value is -0.790. The van der Waals surface area contributed by atoms with E-state index >= 15 is 0 Å². The van der Waals surface area contributed by atoms with Crippen molar-refractivity contribution in [1.82, 2.24) is 4.90 Å². The van der Waals surface area contributed by atoms with Crippen LogP contribution in [0.4, 0.5) is 0 Å². The Kier molecular flexibility index (Phi) is 3.56. The van der Waals surface area contributed by atoms with Crippen molar-refractivity contribution >= 4 is 18.0 Å². The molecule has 1 aromatic rings. The van der Waals surface area contributed by atoms with Crippen molar-refractivity contribution in [3.05, 3.63) is 42.0 Å². The zero-order valence-corrected chi connectivity index (χ0v) is 13.5. The van der Waals surface area contributed by atoms with Crippen LogP contribution in [0.3, 0.4) is 0 Å². The normalized spacial score (nSPS) is 39.5. The van der Waals surface area contributed by atoms with Gasteiger partial charge in [0.1, 0.15) is 0 Å². The summed E-state index contributed by atoms with van der Waals surface area (Å²) in [5, 5.41) is 0. The first-order chi connectivity index (χ1) is 14.2. The molecule has 0 amide bonds. The van der Waals surface area contributed by atoms with Crippen LogP contribution in [0.2, 0.25) is 0 Å². The number of likely N-dealkylation sites (tertiary alicyclic amines) is 1. The van der Waals surface area contributed by atoms with Crippen molar-refractivity contribution < 1.29 is 13.7 Å². The molecular weight excluding hydrogens is 290 g/mol. The number of benzene rings is 1. The van der Waals surface area contributed by atoms with Gasteiger partial charge in [0.05, 0.1) is 0 Å². The lowest BCUT2D eigenvalue weighted by molar-refractivity contribution is 0.251. The van der Waals surface area contributed by atoms with Crippen LogP contribution in [0.5, 0.6) is 0 Å². The van der Waals surface area contributed by atoms with Gasteiger partial charge >= 0.3 is 0 Å². The Balaban J connectivity index is 0.00000363. The zero-order chi connectivity index (χ0) is 23.3. The molecule has 1 aliphatic carbocycles. The topological polar surface area (TPSA) is 3.24 Å². The Morgan fingerprint density at radius 1 is 1.05 bits per heavy atom. The van der Waals surface area contributed by atoms with E-state index in [1.54, 1.807) is 6.08 Å². The molecule has 1 aromatic carbocycles. The Morgan fingerprint density at radius 3 is 2.41 bits per heavy atom. The molecule has 1 saturated carbocycles. The summed E-state index contributed by atoms with van der Waals surface area (Å²) < 4.78 is 81.5. The molecule has 0 atom stereocenters. The van der Waals surface area contributed by atoms with E-state index in [0.29, 0.717) is 4.90 Å². The van der Waals surface area contributed by atoms with Gasteiger partial charge in [0.25, 0.3) is 0 Å². The number of piperidine rings is 1. The number of hydrogen-bond acceptors (Lipinski definition) is 1. The van der Waals surface area contributed by atoms with Crippen LogP contribution in [0, 0.1) is 5.92 Å². The van der Waals surface area contributed by atoms with Crippen molar-refractivity contribution in [3.63, 3.8) is 0 Å². The first-order valence-electron chi connectivity index (χ1n) is 12.7. The largest absolute Gasteiger partial charge is 0.300 e. The van der Waals surface area contributed by atoms with E-state index in [1.165, 1.54) is 0 Å². The standard InChI is InChI=1S/C20H29N.ClH/c1-4-10-18(11-5-1)20(19-12-6-2-7-13-19)14-17-21-15-8-3-9-16-21;/h1,4-5,10-11,14,19H,2-3,6-9,12-13,15-17H2;1H/b20-14-;/i3D2,8D2,9D2,15D2,16D2;. The molecule has 0 aromatic heterocycles. The zero-order valence-electron chi connectivity index (χ0n) is 22.6. The summed E-state index contributed by atoms with van der Waals surface area (Å²) in [6, 6.07) is 9.51. The summed E-state index contributed by atoms with van der Waals surface area (Å²) in [7, 11) is 0. The fourth-order valence-corrected chi connectivity index (χ4v) is 3.10. The van der Waals surface area contributed by atoms with Gasteiger partial charge in [-0.15, -0.1) is 12.4 Å². The molecule has 1 saturated heterocycles. The second kappa shape index (κ2) is 9.37. The van der Waals surface area contributed by atoms with Crippen molar-refractivity contribution in [2.45, 2.75) is 51.2 Å². The third kappa shape index (κ3) is 4.86. The molecule has 0 spiro atoms. The predicted molar refractivity (Wildman–Crippen MR) is 98.5 cm³/mol. The minimum absolute atomic E-state index is 0. The maximum absolute atomic E-state index is 8.31. The summed E-state index contributed by atoms with van der Waals surface area (Å²) in [6.45, 7) is -6.53. The number of rotatable bonds is 4. The van der Waals surface area contributed by atoms with Crippen LogP contribution in [-0.4, -0.2) is 24.4 Å². The summed E-state index contributed by atoms with van der Waals surface area (Å²) in [5.41, 5.74) is 1.84. The van der Waals surface area contributed by atoms with Crippen molar-refractivity contribution in [2.75, 3.05) is 19.5 Å². The third-order valence-electron chi connectivity index (χ3n) is 4.15. The molecule has 1 nitrogen and oxygen atoms in total. The summed E-state index contributed by atoms with van der Waals surface area (Å²) in [5.74, 6) is 0.206. The SMILES string of the molecule is Cl.[2H]C1([2H])N(C/C=C(/c2ccccc2)C2CCCCC2)C([2H])([2H])C([2H])([2H])C([2H])([2H])C1([2H])[2H]. The maximum Gasteiger partial charge on any atom is 0.0431 e. The van der Waals surface area contributed by atoms with Crippen LogP contribution in [0.1, 0.15) is 70.5 Å². The average Bonchev–Trinajstić information content (AvgIpc) is 2.71. The van der Waals surface area contributed by atoms with E-state index in [-0.39, 0.29) is 24.9 Å². The summed E-state index contributed by atoms with van der Waals surface area (Å²) >= 11 is 0. The van der Waals surface area contributed by atoms with Crippen LogP contribution in [-0.2, 0) is 0 Å². The minimum Gasteiger partial charge on any atom is -0.300 e. The van der Waals surface area contributed by atoms with Gasteiger partial charge in [-0.3, -0.25) is 4.90 Å². The molecule has 1 aliphatic heterocycles. The van der Waals surface area contributed by atoms with Gasteiger partial charge in [-0.1, -0.05) is 62.0 Å². The highest BCUT2D eigenvalue weighted by Gasteiger charge is 2.19. The number of nitrogens with zero attached hydrogens (tertiary/aromatic N) is 1. The van der Waals surface area contributed by atoms with Crippen molar-refractivity contribution in [3.8, 4) is 0 Å².